The molecule has 0 saturated heterocycles. The molecule has 2 aliphatic rings. The number of carbonyl (C=O) groups excluding carboxylic acids is 4. The SMILES string of the molecule is O=C1c2ccc3c4ccc5c6c(ccc(c7ccc(c2c37)C(=O)N1CCCOP(=O)(O)O)c64)C(=O)N(CCCOP(=O)(O)O)C5=O. The lowest BCUT2D eigenvalue weighted by Crippen LogP contribution is -2.41. The number of hydrogen-bond acceptors (Lipinski definition) is 8. The molecule has 46 heavy (non-hydrogen) atoms. The molecule has 4 amide bonds. The van der Waals surface area contributed by atoms with Crippen LogP contribution in [0.25, 0.3) is 43.1 Å². The molecule has 236 valence electrons. The number of carbonyl (C=O) groups is 4. The normalized spacial score (nSPS) is 15.5. The molecule has 0 radical (unpaired) electrons. The molecule has 0 aliphatic carbocycles. The van der Waals surface area contributed by atoms with Gasteiger partial charge in [0.25, 0.3) is 23.6 Å². The lowest BCUT2D eigenvalue weighted by molar-refractivity contribution is 0.0584. The Morgan fingerprint density at radius 3 is 1.02 bits per heavy atom. The summed E-state index contributed by atoms with van der Waals surface area (Å²) in [6.45, 7) is -0.906. The molecule has 0 fully saturated rings. The second kappa shape index (κ2) is 10.7. The Kier molecular flexibility index (Phi) is 7.13. The fraction of sp³-hybridized carbons (Fsp3) is 0.200. The van der Waals surface area contributed by atoms with Gasteiger partial charge >= 0.3 is 15.6 Å². The number of rotatable bonds is 10. The Balaban J connectivity index is 1.32. The zero-order valence-electron chi connectivity index (χ0n) is 23.7. The van der Waals surface area contributed by atoms with E-state index >= 15 is 0 Å². The summed E-state index contributed by atoms with van der Waals surface area (Å²) < 4.78 is 30.9. The Morgan fingerprint density at radius 1 is 0.478 bits per heavy atom. The Bertz CT molecular complexity index is 1990. The van der Waals surface area contributed by atoms with Crippen molar-refractivity contribution in [2.75, 3.05) is 26.3 Å². The van der Waals surface area contributed by atoms with Gasteiger partial charge in [-0.25, -0.2) is 9.13 Å². The van der Waals surface area contributed by atoms with Crippen LogP contribution in [-0.2, 0) is 18.2 Å². The average molecular weight is 666 g/mol. The lowest BCUT2D eigenvalue weighted by atomic mass is 9.82. The molecule has 0 unspecified atom stereocenters. The van der Waals surface area contributed by atoms with Crippen molar-refractivity contribution in [3.05, 3.63) is 70.8 Å². The second-order valence-electron chi connectivity index (χ2n) is 11.0. The highest BCUT2D eigenvalue weighted by atomic mass is 31.2. The van der Waals surface area contributed by atoms with Crippen molar-refractivity contribution in [3.8, 4) is 0 Å². The van der Waals surface area contributed by atoms with Crippen LogP contribution in [0.4, 0.5) is 0 Å². The van der Waals surface area contributed by atoms with E-state index in [1.54, 1.807) is 48.5 Å². The van der Waals surface area contributed by atoms with Gasteiger partial charge in [0.05, 0.1) is 13.2 Å². The number of hydrogen-bond donors (Lipinski definition) is 4. The van der Waals surface area contributed by atoms with Crippen molar-refractivity contribution in [2.24, 2.45) is 0 Å². The molecule has 14 nitrogen and oxygen atoms in total. The minimum Gasteiger partial charge on any atom is -0.303 e. The molecule has 0 saturated carbocycles. The fourth-order valence-corrected chi connectivity index (χ4v) is 7.32. The van der Waals surface area contributed by atoms with Crippen LogP contribution in [0.3, 0.4) is 0 Å². The molecule has 0 aromatic heterocycles. The van der Waals surface area contributed by atoms with Crippen LogP contribution in [0, 0.1) is 0 Å². The first-order valence-electron chi connectivity index (χ1n) is 14.1. The van der Waals surface area contributed by atoms with Gasteiger partial charge in [-0.15, -0.1) is 0 Å². The highest BCUT2D eigenvalue weighted by Gasteiger charge is 2.36. The molecule has 7 rings (SSSR count). The summed E-state index contributed by atoms with van der Waals surface area (Å²) in [5.41, 5.74) is 1.18. The molecule has 2 heterocycles. The van der Waals surface area contributed by atoms with Crippen molar-refractivity contribution >= 4 is 82.4 Å². The van der Waals surface area contributed by atoms with Crippen LogP contribution < -0.4 is 0 Å². The van der Waals surface area contributed by atoms with Gasteiger partial charge in [-0.05, 0) is 69.4 Å². The predicted molar refractivity (Wildman–Crippen MR) is 164 cm³/mol. The third kappa shape index (κ3) is 4.82. The van der Waals surface area contributed by atoms with Gasteiger partial charge in [0.1, 0.15) is 0 Å². The van der Waals surface area contributed by atoms with Gasteiger partial charge in [-0.3, -0.25) is 38.0 Å². The topological polar surface area (TPSA) is 208 Å². The number of phosphoric ester groups is 2. The number of amides is 4. The number of nitrogens with zero attached hydrogens (tertiary/aromatic N) is 2. The summed E-state index contributed by atoms with van der Waals surface area (Å²) in [6.07, 6.45) is 0.0423. The Labute approximate surface area is 258 Å². The van der Waals surface area contributed by atoms with E-state index in [-0.39, 0.29) is 39.1 Å². The van der Waals surface area contributed by atoms with E-state index in [9.17, 15) is 28.3 Å². The minimum absolute atomic E-state index is 0.0211. The summed E-state index contributed by atoms with van der Waals surface area (Å²) in [6, 6.07) is 13.5. The van der Waals surface area contributed by atoms with Crippen molar-refractivity contribution < 1.29 is 56.9 Å². The minimum atomic E-state index is -4.69. The third-order valence-corrected chi connectivity index (χ3v) is 9.41. The van der Waals surface area contributed by atoms with E-state index in [1.165, 1.54) is 0 Å². The molecule has 0 atom stereocenters. The lowest BCUT2D eigenvalue weighted by Gasteiger charge is -2.30. The molecule has 5 aromatic rings. The van der Waals surface area contributed by atoms with E-state index in [0.717, 1.165) is 9.80 Å². The van der Waals surface area contributed by atoms with Crippen molar-refractivity contribution in [3.63, 3.8) is 0 Å². The molecule has 0 spiro atoms. The summed E-state index contributed by atoms with van der Waals surface area (Å²) in [4.78, 5) is 91.9. The van der Waals surface area contributed by atoms with Crippen molar-refractivity contribution in [2.45, 2.75) is 12.8 Å². The molecule has 2 aliphatic heterocycles. The summed E-state index contributed by atoms with van der Waals surface area (Å²) >= 11 is 0. The van der Waals surface area contributed by atoms with E-state index in [2.05, 4.69) is 9.05 Å². The van der Waals surface area contributed by atoms with Crippen molar-refractivity contribution in [1.82, 2.24) is 9.80 Å². The number of benzene rings is 5. The Morgan fingerprint density at radius 2 is 0.761 bits per heavy atom. The van der Waals surface area contributed by atoms with Gasteiger partial charge in [0, 0.05) is 46.1 Å². The largest absolute Gasteiger partial charge is 0.469 e. The van der Waals surface area contributed by atoms with Gasteiger partial charge in [0.15, 0.2) is 0 Å². The highest BCUT2D eigenvalue weighted by Crippen LogP contribution is 2.46. The van der Waals surface area contributed by atoms with E-state index in [0.29, 0.717) is 65.3 Å². The van der Waals surface area contributed by atoms with Crippen LogP contribution >= 0.6 is 15.6 Å². The number of fused-ring (bicyclic) bond motifs is 2. The molecular weight excluding hydrogens is 642 g/mol. The van der Waals surface area contributed by atoms with Crippen LogP contribution in [0.5, 0.6) is 0 Å². The van der Waals surface area contributed by atoms with Crippen molar-refractivity contribution in [1.29, 1.82) is 0 Å². The summed E-state index contributed by atoms with van der Waals surface area (Å²) in [5.74, 6) is -2.18. The molecule has 0 bridgehead atoms. The fourth-order valence-electron chi connectivity index (χ4n) is 6.59. The van der Waals surface area contributed by atoms with Gasteiger partial charge in [-0.1, -0.05) is 24.3 Å². The summed E-state index contributed by atoms with van der Waals surface area (Å²) in [7, 11) is -9.38. The number of imide groups is 2. The highest BCUT2D eigenvalue weighted by molar-refractivity contribution is 7.46. The van der Waals surface area contributed by atoms with Crippen LogP contribution in [0.15, 0.2) is 48.5 Å². The first kappa shape index (κ1) is 30.5. The Hall–Kier alpha value is -4.10. The van der Waals surface area contributed by atoms with Crippen LogP contribution in [0.2, 0.25) is 0 Å². The van der Waals surface area contributed by atoms with Gasteiger partial charge in [-0.2, -0.15) is 0 Å². The zero-order chi connectivity index (χ0) is 32.7. The second-order valence-corrected chi connectivity index (χ2v) is 13.5. The van der Waals surface area contributed by atoms with Crippen LogP contribution in [-0.4, -0.2) is 79.3 Å². The summed E-state index contributed by atoms with van der Waals surface area (Å²) in [5, 5.41) is 5.17. The van der Waals surface area contributed by atoms with Gasteiger partial charge in [0.2, 0.25) is 0 Å². The quantitative estimate of drug-likeness (QED) is 0.0550. The first-order valence-corrected chi connectivity index (χ1v) is 17.2. The van der Waals surface area contributed by atoms with E-state index in [1.807, 2.05) is 0 Å². The standard InChI is InChI=1S/C30H24N2O12P2/c33-27-19-7-3-15-17-5-9-21-26-22(30(36)32(29(21)35)12-2-14-44-46(40,41)42)10-6-18(24(17)26)16-4-8-20(25(19)23(15)16)28(34)31(27)11-1-13-43-45(37,38)39/h3-10H,1-2,11-14H2,(H2,37,38,39)(H2,40,41,42). The monoisotopic (exact) mass is 666 g/mol. The molecule has 16 heteroatoms. The third-order valence-electron chi connectivity index (χ3n) is 8.37. The maximum absolute atomic E-state index is 13.5. The van der Waals surface area contributed by atoms with Gasteiger partial charge < -0.3 is 19.6 Å². The molecule has 5 aromatic carbocycles. The van der Waals surface area contributed by atoms with E-state index < -0.39 is 39.3 Å². The average Bonchev–Trinajstić information content (AvgIpc) is 2.99. The maximum atomic E-state index is 13.5. The van der Waals surface area contributed by atoms with E-state index in [4.69, 9.17) is 19.6 Å². The number of phosphoric acid groups is 2. The molecular formula is C30H24N2O12P2. The first-order chi connectivity index (χ1) is 21.8. The molecule has 4 N–H and O–H groups in total. The predicted octanol–water partition coefficient (Wildman–Crippen LogP) is 3.93. The van der Waals surface area contributed by atoms with Crippen LogP contribution in [0.1, 0.15) is 54.3 Å². The zero-order valence-corrected chi connectivity index (χ0v) is 25.5. The maximum Gasteiger partial charge on any atom is 0.469 e. The smallest absolute Gasteiger partial charge is 0.303 e.